The highest BCUT2D eigenvalue weighted by atomic mass is 19.4. The number of aromatic nitrogens is 3. The van der Waals surface area contributed by atoms with E-state index >= 15 is 0 Å². The third-order valence-electron chi connectivity index (χ3n) is 9.10. The first kappa shape index (κ1) is 35.1. The van der Waals surface area contributed by atoms with Crippen LogP contribution < -0.4 is 15.4 Å². The fraction of sp³-hybridized carbons (Fsp3) is 0.179. The van der Waals surface area contributed by atoms with Gasteiger partial charge >= 0.3 is 12.3 Å². The van der Waals surface area contributed by atoms with Crippen molar-refractivity contribution in [3.05, 3.63) is 136 Å². The number of aromatic amines is 1. The predicted molar refractivity (Wildman–Crippen MR) is 185 cm³/mol. The van der Waals surface area contributed by atoms with Crippen LogP contribution in [0, 0.1) is 11.6 Å². The Bertz CT molecular complexity index is 2330. The van der Waals surface area contributed by atoms with E-state index in [1.807, 2.05) is 48.5 Å². The van der Waals surface area contributed by atoms with Crippen LogP contribution in [0.25, 0.3) is 33.4 Å². The Hall–Kier alpha value is -6.31. The lowest BCUT2D eigenvalue weighted by molar-refractivity contribution is -0.140. The number of alkyl halides is 3. The molecule has 9 nitrogen and oxygen atoms in total. The largest absolute Gasteiger partial charge is 0.494 e. The molecule has 2 amide bonds. The zero-order valence-electron chi connectivity index (χ0n) is 28.1. The number of rotatable bonds is 9. The Morgan fingerprint density at radius 1 is 0.887 bits per heavy atom. The van der Waals surface area contributed by atoms with E-state index in [2.05, 4.69) is 25.6 Å². The van der Waals surface area contributed by atoms with E-state index in [-0.39, 0.29) is 64.1 Å². The maximum absolute atomic E-state index is 14.4. The van der Waals surface area contributed by atoms with Crippen LogP contribution in [0.4, 0.5) is 26.7 Å². The van der Waals surface area contributed by atoms with E-state index in [1.54, 1.807) is 6.92 Å². The molecule has 0 saturated carbocycles. The van der Waals surface area contributed by atoms with Gasteiger partial charge in [-0.05, 0) is 59.5 Å². The molecular weight excluding hydrogens is 697 g/mol. The minimum atomic E-state index is -4.72. The number of imidazole rings is 1. The number of pyridine rings is 1. The van der Waals surface area contributed by atoms with Crippen molar-refractivity contribution in [1.29, 1.82) is 0 Å². The van der Waals surface area contributed by atoms with Crippen LogP contribution in [0.5, 0.6) is 5.75 Å². The molecule has 0 spiro atoms. The molecule has 53 heavy (non-hydrogen) atoms. The number of halogens is 5. The van der Waals surface area contributed by atoms with Gasteiger partial charge in [-0.1, -0.05) is 54.6 Å². The van der Waals surface area contributed by atoms with Crippen molar-refractivity contribution in [2.75, 3.05) is 13.7 Å². The van der Waals surface area contributed by atoms with Crippen LogP contribution in [-0.4, -0.2) is 40.7 Å². The number of hydrogen-bond donors (Lipinski definition) is 3. The fourth-order valence-corrected chi connectivity index (χ4v) is 6.54. The zero-order chi connectivity index (χ0) is 37.4. The summed E-state index contributed by atoms with van der Waals surface area (Å²) in [6.07, 6.45) is -5.50. The number of benzene rings is 4. The first-order valence-electron chi connectivity index (χ1n) is 16.4. The Labute approximate surface area is 299 Å². The van der Waals surface area contributed by atoms with Crippen molar-refractivity contribution in [2.24, 2.45) is 0 Å². The molecule has 0 unspecified atom stereocenters. The Morgan fingerprint density at radius 3 is 2.25 bits per heavy atom. The van der Waals surface area contributed by atoms with Crippen molar-refractivity contribution in [2.45, 2.75) is 31.6 Å². The number of carbonyl (C=O) groups excluding carboxylic acids is 2. The number of amides is 2. The summed E-state index contributed by atoms with van der Waals surface area (Å²) < 4.78 is 79.6. The van der Waals surface area contributed by atoms with E-state index in [4.69, 9.17) is 9.47 Å². The highest BCUT2D eigenvalue weighted by molar-refractivity contribution is 5.99. The summed E-state index contributed by atoms with van der Waals surface area (Å²) in [7, 11) is 1.30. The second-order valence-electron chi connectivity index (χ2n) is 12.4. The van der Waals surface area contributed by atoms with Crippen molar-refractivity contribution in [3.63, 3.8) is 0 Å². The number of carbonyl (C=O) groups is 2. The minimum absolute atomic E-state index is 0.00885. The average Bonchev–Trinajstić information content (AvgIpc) is 3.73. The number of nitrogens with zero attached hydrogens (tertiary/aromatic N) is 2. The van der Waals surface area contributed by atoms with Gasteiger partial charge in [0.1, 0.15) is 41.0 Å². The van der Waals surface area contributed by atoms with E-state index < -0.39 is 41.5 Å². The van der Waals surface area contributed by atoms with Gasteiger partial charge in [0.15, 0.2) is 5.69 Å². The smallest absolute Gasteiger partial charge is 0.433 e. The highest BCUT2D eigenvalue weighted by Gasteiger charge is 2.34. The molecule has 1 atom stereocenters. The number of nitrogens with one attached hydrogen (secondary N) is 3. The summed E-state index contributed by atoms with van der Waals surface area (Å²) in [5.41, 5.74) is 3.14. The molecule has 2 heterocycles. The molecule has 0 fully saturated rings. The first-order chi connectivity index (χ1) is 25.4. The molecule has 14 heteroatoms. The number of fused-ring (bicyclic) bond motifs is 4. The third-order valence-corrected chi connectivity index (χ3v) is 9.10. The summed E-state index contributed by atoms with van der Waals surface area (Å²) >= 11 is 0. The van der Waals surface area contributed by atoms with Crippen LogP contribution in [0.2, 0.25) is 0 Å². The highest BCUT2D eigenvalue weighted by Crippen LogP contribution is 2.44. The maximum atomic E-state index is 14.4. The molecule has 4 aromatic carbocycles. The summed E-state index contributed by atoms with van der Waals surface area (Å²) in [5, 5.41) is 5.52. The summed E-state index contributed by atoms with van der Waals surface area (Å²) in [5.74, 6) is -2.49. The number of H-pyrrole nitrogens is 1. The quantitative estimate of drug-likeness (QED) is 0.129. The lowest BCUT2D eigenvalue weighted by atomic mass is 9.98. The van der Waals surface area contributed by atoms with Crippen LogP contribution in [0.15, 0.2) is 91.0 Å². The lowest BCUT2D eigenvalue weighted by Gasteiger charge is -2.17. The lowest BCUT2D eigenvalue weighted by Crippen LogP contribution is -2.31. The van der Waals surface area contributed by atoms with E-state index in [9.17, 15) is 31.5 Å². The standard InChI is InChI=1S/C39H30F5N5O4/c1-20(46-38(51)53-19-29-25-9-5-3-7-23(25)24-8-4-6-10-26(24)29)33-35(37(50)45-18-21-11-12-22(40)17-30(21)41)49-36(48-33)28-13-15-31(52-2)34-27(28)14-16-32(47-34)39(42,43)44/h3-17,20,29H,18-19H2,1-2H3,(H,45,50)(H,46,51)(H,48,49)/t20-/m0/s1. The Morgan fingerprint density at radius 2 is 1.58 bits per heavy atom. The van der Waals surface area contributed by atoms with E-state index in [0.29, 0.717) is 6.07 Å². The molecule has 6 aromatic rings. The van der Waals surface area contributed by atoms with Gasteiger partial charge in [-0.25, -0.2) is 23.5 Å². The number of ether oxygens (including phenoxy) is 2. The molecule has 0 aliphatic heterocycles. The fourth-order valence-electron chi connectivity index (χ4n) is 6.54. The van der Waals surface area contributed by atoms with E-state index in [0.717, 1.165) is 34.4 Å². The van der Waals surface area contributed by atoms with Crippen molar-refractivity contribution < 1.29 is 41.0 Å². The van der Waals surface area contributed by atoms with Crippen LogP contribution in [0.1, 0.15) is 57.5 Å². The van der Waals surface area contributed by atoms with Crippen LogP contribution >= 0.6 is 0 Å². The van der Waals surface area contributed by atoms with Crippen molar-refractivity contribution in [3.8, 4) is 28.3 Å². The molecule has 7 rings (SSSR count). The molecule has 0 bridgehead atoms. The van der Waals surface area contributed by atoms with Gasteiger partial charge in [-0.3, -0.25) is 4.79 Å². The van der Waals surface area contributed by atoms with Gasteiger partial charge in [-0.2, -0.15) is 13.2 Å². The van der Waals surface area contributed by atoms with Gasteiger partial charge in [0, 0.05) is 35.0 Å². The van der Waals surface area contributed by atoms with Gasteiger partial charge in [0.2, 0.25) is 0 Å². The molecule has 270 valence electrons. The van der Waals surface area contributed by atoms with Gasteiger partial charge < -0.3 is 25.1 Å². The van der Waals surface area contributed by atoms with E-state index in [1.165, 1.54) is 31.4 Å². The second kappa shape index (κ2) is 14.0. The molecular formula is C39H30F5N5O4. The number of methoxy groups -OCH3 is 1. The minimum Gasteiger partial charge on any atom is -0.494 e. The molecule has 0 radical (unpaired) electrons. The molecule has 1 aliphatic rings. The Kier molecular flexibility index (Phi) is 9.28. The van der Waals surface area contributed by atoms with Gasteiger partial charge in [0.25, 0.3) is 5.91 Å². The molecule has 1 aliphatic carbocycles. The van der Waals surface area contributed by atoms with Crippen molar-refractivity contribution in [1.82, 2.24) is 25.6 Å². The molecule has 3 N–H and O–H groups in total. The summed E-state index contributed by atoms with van der Waals surface area (Å²) in [4.78, 5) is 38.2. The molecule has 2 aromatic heterocycles. The predicted octanol–water partition coefficient (Wildman–Crippen LogP) is 8.46. The SMILES string of the molecule is COc1ccc(-c2nc(C(=O)NCc3ccc(F)cc3F)c([C@H](C)NC(=O)OCC3c4ccccc4-c4ccccc43)[nH]2)c2ccc(C(F)(F)F)nc12. The first-order valence-corrected chi connectivity index (χ1v) is 16.4. The van der Waals surface area contributed by atoms with Gasteiger partial charge in [-0.15, -0.1) is 0 Å². The topological polar surface area (TPSA) is 118 Å². The summed E-state index contributed by atoms with van der Waals surface area (Å²) in [6, 6.07) is 22.7. The monoisotopic (exact) mass is 727 g/mol. The molecule has 0 saturated heterocycles. The second-order valence-corrected chi connectivity index (χ2v) is 12.4. The average molecular weight is 728 g/mol. The number of alkyl carbamates (subject to hydrolysis) is 1. The Balaban J connectivity index is 1.18. The summed E-state index contributed by atoms with van der Waals surface area (Å²) in [6.45, 7) is 1.29. The number of hydrogen-bond acceptors (Lipinski definition) is 6. The van der Waals surface area contributed by atoms with Crippen LogP contribution in [-0.2, 0) is 17.5 Å². The maximum Gasteiger partial charge on any atom is 0.433 e. The van der Waals surface area contributed by atoms with Crippen LogP contribution in [0.3, 0.4) is 0 Å². The zero-order valence-corrected chi connectivity index (χ0v) is 28.1. The van der Waals surface area contributed by atoms with Crippen molar-refractivity contribution >= 4 is 22.9 Å². The normalized spacial score (nSPS) is 13.0. The third kappa shape index (κ3) is 6.87. The van der Waals surface area contributed by atoms with Gasteiger partial charge in [0.05, 0.1) is 18.8 Å².